The van der Waals surface area contributed by atoms with Gasteiger partial charge in [-0.1, -0.05) is 40.2 Å². The van der Waals surface area contributed by atoms with E-state index in [0.29, 0.717) is 17.1 Å². The summed E-state index contributed by atoms with van der Waals surface area (Å²) in [6, 6.07) is 14.6. The number of hydrogen-bond donors (Lipinski definition) is 0. The predicted molar refractivity (Wildman–Crippen MR) is 82.4 cm³/mol. The maximum absolute atomic E-state index is 11.0. The van der Waals surface area contributed by atoms with Gasteiger partial charge in [0.1, 0.15) is 17.3 Å². The summed E-state index contributed by atoms with van der Waals surface area (Å²) in [7, 11) is 1.61. The van der Waals surface area contributed by atoms with Crippen LogP contribution in [-0.2, 0) is 0 Å². The summed E-state index contributed by atoms with van der Waals surface area (Å²) in [4.78, 5) is 12.7. The average Bonchev–Trinajstić information content (AvgIpc) is 2.53. The van der Waals surface area contributed by atoms with Gasteiger partial charge in [0.15, 0.2) is 6.29 Å². The molecule has 4 heteroatoms. The van der Waals surface area contributed by atoms with Crippen molar-refractivity contribution in [3.05, 3.63) is 64.6 Å². The van der Waals surface area contributed by atoms with E-state index in [0.717, 1.165) is 17.6 Å². The molecule has 0 spiro atoms. The molecule has 2 rings (SSSR count). The second-order valence-electron chi connectivity index (χ2n) is 3.96. The topological polar surface area (TPSA) is 35.5 Å². The molecule has 0 saturated carbocycles. The van der Waals surface area contributed by atoms with Crippen molar-refractivity contribution in [2.45, 2.75) is 0 Å². The first-order valence-electron chi connectivity index (χ1n) is 5.95. The average molecular weight is 333 g/mol. The lowest BCUT2D eigenvalue weighted by molar-refractivity contribution is 0.112. The summed E-state index contributed by atoms with van der Waals surface area (Å²) in [5, 5.41) is 0. The lowest BCUT2D eigenvalue weighted by atomic mass is 10.2. The summed E-state index contributed by atoms with van der Waals surface area (Å²) in [6.45, 7) is 0. The van der Waals surface area contributed by atoms with Crippen LogP contribution < -0.4 is 9.47 Å². The number of carbonyl (C=O) groups is 1. The molecule has 0 saturated heterocycles. The number of hydrogen-bond acceptors (Lipinski definition) is 3. The Morgan fingerprint density at radius 1 is 1.15 bits per heavy atom. The molecule has 0 atom stereocenters. The third kappa shape index (κ3) is 3.27. The van der Waals surface area contributed by atoms with Gasteiger partial charge < -0.3 is 9.47 Å². The van der Waals surface area contributed by atoms with Gasteiger partial charge in [-0.25, -0.2) is 0 Å². The molecule has 0 radical (unpaired) electrons. The molecule has 0 fully saturated rings. The molecule has 0 aliphatic carbocycles. The summed E-state index contributed by atoms with van der Waals surface area (Å²) in [5.41, 5.74) is 1.35. The molecule has 0 aromatic heterocycles. The molecule has 20 heavy (non-hydrogen) atoms. The van der Waals surface area contributed by atoms with Crippen LogP contribution in [0.25, 0.3) is 5.76 Å². The van der Waals surface area contributed by atoms with Crippen molar-refractivity contribution in [1.82, 2.24) is 0 Å². The first kappa shape index (κ1) is 14.3. The van der Waals surface area contributed by atoms with Crippen LogP contribution in [0.5, 0.6) is 11.5 Å². The Hall–Kier alpha value is -2.07. The van der Waals surface area contributed by atoms with E-state index in [2.05, 4.69) is 15.9 Å². The van der Waals surface area contributed by atoms with Gasteiger partial charge in [-0.15, -0.1) is 0 Å². The molecule has 0 amide bonds. The molecule has 0 aliphatic heterocycles. The largest absolute Gasteiger partial charge is 0.497 e. The first-order chi connectivity index (χ1) is 9.78. The quantitative estimate of drug-likeness (QED) is 0.605. The zero-order valence-electron chi connectivity index (χ0n) is 10.9. The van der Waals surface area contributed by atoms with Crippen molar-refractivity contribution < 1.29 is 14.3 Å². The van der Waals surface area contributed by atoms with Crippen LogP contribution >= 0.6 is 15.9 Å². The lowest BCUT2D eigenvalue weighted by Gasteiger charge is -2.12. The summed E-state index contributed by atoms with van der Waals surface area (Å²) < 4.78 is 11.0. The van der Waals surface area contributed by atoms with E-state index in [-0.39, 0.29) is 0 Å². The second kappa shape index (κ2) is 6.91. The van der Waals surface area contributed by atoms with E-state index in [1.54, 1.807) is 30.3 Å². The maximum atomic E-state index is 11.0. The highest BCUT2D eigenvalue weighted by Crippen LogP contribution is 2.26. The Bertz CT molecular complexity index is 635. The molecule has 2 aromatic rings. The molecule has 0 unspecified atom stereocenters. The van der Waals surface area contributed by atoms with Gasteiger partial charge in [0.2, 0.25) is 0 Å². The number of aldehydes is 1. The lowest BCUT2D eigenvalue weighted by Crippen LogP contribution is -1.97. The van der Waals surface area contributed by atoms with E-state index < -0.39 is 0 Å². The number of halogens is 1. The number of rotatable bonds is 5. The van der Waals surface area contributed by atoms with Gasteiger partial charge in [-0.05, 0) is 24.3 Å². The van der Waals surface area contributed by atoms with Crippen LogP contribution in [0.1, 0.15) is 15.9 Å². The normalized spacial score (nSPS) is 11.0. The summed E-state index contributed by atoms with van der Waals surface area (Å²) >= 11 is 3.29. The van der Waals surface area contributed by atoms with Crippen LogP contribution in [0.4, 0.5) is 0 Å². The summed E-state index contributed by atoms with van der Waals surface area (Å²) in [6.07, 6.45) is 0.771. The Morgan fingerprint density at radius 2 is 1.95 bits per heavy atom. The fourth-order valence-electron chi connectivity index (χ4n) is 1.71. The van der Waals surface area contributed by atoms with E-state index in [1.807, 2.05) is 30.3 Å². The fraction of sp³-hybridized carbons (Fsp3) is 0.0625. The zero-order valence-corrected chi connectivity index (χ0v) is 12.5. The number of para-hydroxylation sites is 1. The van der Waals surface area contributed by atoms with Crippen LogP contribution in [0.15, 0.2) is 53.5 Å². The monoisotopic (exact) mass is 332 g/mol. The minimum Gasteiger partial charge on any atom is -0.497 e. The highest BCUT2D eigenvalue weighted by atomic mass is 79.9. The van der Waals surface area contributed by atoms with Crippen molar-refractivity contribution >= 4 is 28.0 Å². The van der Waals surface area contributed by atoms with E-state index >= 15 is 0 Å². The number of benzene rings is 2. The van der Waals surface area contributed by atoms with Crippen LogP contribution in [0, 0.1) is 0 Å². The molecule has 102 valence electrons. The van der Waals surface area contributed by atoms with Gasteiger partial charge >= 0.3 is 0 Å². The zero-order chi connectivity index (χ0) is 14.4. The number of ether oxygens (including phenoxy) is 2. The minimum atomic E-state index is 0.502. The summed E-state index contributed by atoms with van der Waals surface area (Å²) in [5.74, 6) is 1.84. The molecule has 0 heterocycles. The molecule has 0 N–H and O–H groups in total. The van der Waals surface area contributed by atoms with Crippen molar-refractivity contribution in [2.24, 2.45) is 0 Å². The van der Waals surface area contributed by atoms with Gasteiger partial charge in [0.05, 0.1) is 12.7 Å². The smallest absolute Gasteiger partial charge is 0.153 e. The Morgan fingerprint density at radius 3 is 2.65 bits per heavy atom. The van der Waals surface area contributed by atoms with Gasteiger partial charge in [0, 0.05) is 10.5 Å². The van der Waals surface area contributed by atoms with Crippen molar-refractivity contribution in [1.29, 1.82) is 0 Å². The van der Waals surface area contributed by atoms with Crippen molar-refractivity contribution in [2.75, 3.05) is 7.11 Å². The molecule has 2 aromatic carbocycles. The standard InChI is InChI=1S/C16H13BrO3/c1-19-14-7-4-6-12(9-14)16(10-17)20-15-8-3-2-5-13(15)11-18/h2-11H,1H3/b16-10-. The number of carbonyl (C=O) groups excluding carboxylic acids is 1. The molecule has 0 aliphatic rings. The third-order valence-electron chi connectivity index (χ3n) is 2.72. The van der Waals surface area contributed by atoms with Crippen molar-refractivity contribution in [3.63, 3.8) is 0 Å². The Kier molecular flexibility index (Phi) is 4.96. The molecule has 3 nitrogen and oxygen atoms in total. The van der Waals surface area contributed by atoms with Crippen LogP contribution in [-0.4, -0.2) is 13.4 Å². The van der Waals surface area contributed by atoms with E-state index in [9.17, 15) is 4.79 Å². The Balaban J connectivity index is 2.31. The fourth-order valence-corrected chi connectivity index (χ4v) is 2.07. The second-order valence-corrected chi connectivity index (χ2v) is 4.42. The molecule has 0 bridgehead atoms. The van der Waals surface area contributed by atoms with Gasteiger partial charge in [-0.2, -0.15) is 0 Å². The van der Waals surface area contributed by atoms with Gasteiger partial charge in [-0.3, -0.25) is 4.79 Å². The number of methoxy groups -OCH3 is 1. The highest BCUT2D eigenvalue weighted by molar-refractivity contribution is 9.11. The van der Waals surface area contributed by atoms with Crippen LogP contribution in [0.2, 0.25) is 0 Å². The molecular weight excluding hydrogens is 320 g/mol. The third-order valence-corrected chi connectivity index (χ3v) is 3.14. The Labute approximate surface area is 126 Å². The van der Waals surface area contributed by atoms with Gasteiger partial charge in [0.25, 0.3) is 0 Å². The van der Waals surface area contributed by atoms with E-state index in [1.165, 1.54) is 0 Å². The minimum absolute atomic E-state index is 0.502. The van der Waals surface area contributed by atoms with Crippen molar-refractivity contribution in [3.8, 4) is 11.5 Å². The maximum Gasteiger partial charge on any atom is 0.153 e. The van der Waals surface area contributed by atoms with E-state index in [4.69, 9.17) is 9.47 Å². The first-order valence-corrected chi connectivity index (χ1v) is 6.87. The molecular formula is C16H13BrO3. The predicted octanol–water partition coefficient (Wildman–Crippen LogP) is 4.28. The van der Waals surface area contributed by atoms with Crippen LogP contribution in [0.3, 0.4) is 0 Å². The highest BCUT2D eigenvalue weighted by Gasteiger charge is 2.08. The SMILES string of the molecule is COc1cccc(/C(=C/Br)Oc2ccccc2C=O)c1.